The average Bonchev–Trinajstić information content (AvgIpc) is 2.67. The van der Waals surface area contributed by atoms with E-state index in [-0.39, 0.29) is 23.2 Å². The lowest BCUT2D eigenvalue weighted by Crippen LogP contribution is -2.15. The first-order valence-corrected chi connectivity index (χ1v) is 9.63. The van der Waals surface area contributed by atoms with Crippen LogP contribution in [-0.4, -0.2) is 25.5 Å². The smallest absolute Gasteiger partial charge is 0.263 e. The van der Waals surface area contributed by atoms with Gasteiger partial charge in [-0.2, -0.15) is 0 Å². The van der Waals surface area contributed by atoms with Gasteiger partial charge in [-0.15, -0.1) is 0 Å². The van der Waals surface area contributed by atoms with Crippen molar-refractivity contribution in [3.8, 4) is 11.6 Å². The van der Waals surface area contributed by atoms with Crippen molar-refractivity contribution in [1.82, 2.24) is 9.97 Å². The molecule has 0 unspecified atom stereocenters. The summed E-state index contributed by atoms with van der Waals surface area (Å²) in [5, 5.41) is 0. The van der Waals surface area contributed by atoms with E-state index in [2.05, 4.69) is 14.7 Å². The number of aromatic nitrogens is 2. The second-order valence-corrected chi connectivity index (χ2v) is 7.41. The van der Waals surface area contributed by atoms with Crippen LogP contribution in [-0.2, 0) is 16.6 Å². The van der Waals surface area contributed by atoms with Gasteiger partial charge in [0, 0.05) is 18.0 Å². The summed E-state index contributed by atoms with van der Waals surface area (Å²) in [6.45, 7) is 2.04. The van der Waals surface area contributed by atoms with Crippen molar-refractivity contribution in [1.29, 1.82) is 0 Å². The highest BCUT2D eigenvalue weighted by Crippen LogP contribution is 2.25. The Balaban J connectivity index is 1.80. The molecule has 0 radical (unpaired) electrons. The van der Waals surface area contributed by atoms with E-state index < -0.39 is 10.0 Å². The summed E-state index contributed by atoms with van der Waals surface area (Å²) in [5.41, 5.74) is 1.77. The van der Waals surface area contributed by atoms with E-state index in [9.17, 15) is 8.42 Å². The van der Waals surface area contributed by atoms with Crippen LogP contribution in [0.3, 0.4) is 0 Å². The number of rotatable bonds is 7. The van der Waals surface area contributed by atoms with Crippen LogP contribution < -0.4 is 14.2 Å². The first kappa shape index (κ1) is 18.7. The zero-order valence-electron chi connectivity index (χ0n) is 14.9. The second-order valence-electron chi connectivity index (χ2n) is 5.73. The Morgan fingerprint density at radius 2 is 1.70 bits per heavy atom. The Kier molecular flexibility index (Phi) is 5.56. The highest BCUT2D eigenvalue weighted by molar-refractivity contribution is 7.92. The van der Waals surface area contributed by atoms with Crippen LogP contribution in [0.25, 0.3) is 0 Å². The van der Waals surface area contributed by atoms with Crippen LogP contribution >= 0.6 is 0 Å². The molecule has 7 nitrogen and oxygen atoms in total. The number of para-hydroxylation sites is 1. The number of hydrogen-bond acceptors (Lipinski definition) is 6. The maximum Gasteiger partial charge on any atom is 0.263 e. The van der Waals surface area contributed by atoms with Gasteiger partial charge in [-0.05, 0) is 25.1 Å². The van der Waals surface area contributed by atoms with Gasteiger partial charge >= 0.3 is 0 Å². The third-order valence-electron chi connectivity index (χ3n) is 3.78. The predicted octanol–water partition coefficient (Wildman–Crippen LogP) is 3.17. The van der Waals surface area contributed by atoms with Gasteiger partial charge in [-0.1, -0.05) is 35.9 Å². The molecule has 1 aromatic heterocycles. The minimum Gasteiger partial charge on any atom is -0.496 e. The molecule has 140 valence electrons. The molecular weight excluding hydrogens is 366 g/mol. The van der Waals surface area contributed by atoms with Crippen molar-refractivity contribution in [2.45, 2.75) is 18.4 Å². The first-order chi connectivity index (χ1) is 13.0. The molecule has 0 aliphatic heterocycles. The van der Waals surface area contributed by atoms with Gasteiger partial charge < -0.3 is 9.47 Å². The lowest BCUT2D eigenvalue weighted by Gasteiger charge is -2.13. The molecule has 8 heteroatoms. The van der Waals surface area contributed by atoms with Gasteiger partial charge in [0.1, 0.15) is 12.4 Å². The third kappa shape index (κ3) is 4.53. The molecule has 2 aromatic carbocycles. The molecule has 27 heavy (non-hydrogen) atoms. The quantitative estimate of drug-likeness (QED) is 0.672. The molecule has 0 fully saturated rings. The molecular formula is C19H19N3O4S. The van der Waals surface area contributed by atoms with Gasteiger partial charge in [0.15, 0.2) is 0 Å². The van der Waals surface area contributed by atoms with Gasteiger partial charge in [0.2, 0.25) is 5.82 Å². The number of nitrogens with one attached hydrogen (secondary N) is 1. The van der Waals surface area contributed by atoms with E-state index >= 15 is 0 Å². The van der Waals surface area contributed by atoms with Crippen molar-refractivity contribution in [3.63, 3.8) is 0 Å². The number of nitrogens with zero attached hydrogens (tertiary/aromatic N) is 2. The number of ether oxygens (including phenoxy) is 2. The Morgan fingerprint density at radius 1 is 1.00 bits per heavy atom. The molecule has 0 atom stereocenters. The van der Waals surface area contributed by atoms with Crippen LogP contribution in [0.2, 0.25) is 0 Å². The lowest BCUT2D eigenvalue weighted by molar-refractivity contribution is 0.286. The van der Waals surface area contributed by atoms with Crippen molar-refractivity contribution in [2.24, 2.45) is 0 Å². The van der Waals surface area contributed by atoms with Crippen LogP contribution in [0.4, 0.5) is 5.82 Å². The average molecular weight is 385 g/mol. The molecule has 1 N–H and O–H groups in total. The molecule has 0 aliphatic rings. The van der Waals surface area contributed by atoms with E-state index in [1.807, 2.05) is 31.2 Å². The molecule has 0 amide bonds. The number of methoxy groups -OCH3 is 1. The number of sulfonamides is 1. The summed E-state index contributed by atoms with van der Waals surface area (Å²) in [4.78, 5) is 8.28. The third-order valence-corrected chi connectivity index (χ3v) is 5.14. The molecule has 0 saturated heterocycles. The number of hydrogen-bond donors (Lipinski definition) is 1. The summed E-state index contributed by atoms with van der Waals surface area (Å²) in [5.74, 6) is 0.773. The highest BCUT2D eigenvalue weighted by atomic mass is 32.2. The summed E-state index contributed by atoms with van der Waals surface area (Å²) in [6, 6.07) is 13.9. The van der Waals surface area contributed by atoms with Crippen molar-refractivity contribution >= 4 is 15.8 Å². The van der Waals surface area contributed by atoms with Crippen LogP contribution in [0, 0.1) is 6.92 Å². The topological polar surface area (TPSA) is 90.4 Å². The zero-order chi connectivity index (χ0) is 19.3. The van der Waals surface area contributed by atoms with Crippen molar-refractivity contribution < 1.29 is 17.9 Å². The summed E-state index contributed by atoms with van der Waals surface area (Å²) >= 11 is 0. The summed E-state index contributed by atoms with van der Waals surface area (Å²) in [7, 11) is -2.23. The maximum absolute atomic E-state index is 12.6. The van der Waals surface area contributed by atoms with Crippen molar-refractivity contribution in [2.75, 3.05) is 11.8 Å². The normalized spacial score (nSPS) is 11.0. The Morgan fingerprint density at radius 3 is 2.44 bits per heavy atom. The molecule has 3 rings (SSSR count). The number of anilines is 1. The zero-order valence-corrected chi connectivity index (χ0v) is 15.7. The van der Waals surface area contributed by atoms with Gasteiger partial charge in [0.25, 0.3) is 15.9 Å². The van der Waals surface area contributed by atoms with E-state index in [0.29, 0.717) is 5.75 Å². The Bertz CT molecular complexity index is 1020. The molecule has 0 aliphatic carbocycles. The van der Waals surface area contributed by atoms with E-state index in [1.165, 1.54) is 24.5 Å². The number of benzene rings is 2. The fourth-order valence-corrected chi connectivity index (χ4v) is 3.38. The highest BCUT2D eigenvalue weighted by Gasteiger charge is 2.18. The lowest BCUT2D eigenvalue weighted by atomic mass is 10.2. The van der Waals surface area contributed by atoms with Gasteiger partial charge in [-0.3, -0.25) is 4.72 Å². The van der Waals surface area contributed by atoms with Gasteiger partial charge in [0.05, 0.1) is 12.0 Å². The maximum atomic E-state index is 12.6. The summed E-state index contributed by atoms with van der Waals surface area (Å²) in [6.07, 6.45) is 2.82. The predicted molar refractivity (Wildman–Crippen MR) is 101 cm³/mol. The van der Waals surface area contributed by atoms with E-state index in [4.69, 9.17) is 9.47 Å². The fraction of sp³-hybridized carbons (Fsp3) is 0.158. The van der Waals surface area contributed by atoms with Crippen molar-refractivity contribution in [3.05, 3.63) is 72.1 Å². The first-order valence-electron chi connectivity index (χ1n) is 8.15. The van der Waals surface area contributed by atoms with E-state index in [0.717, 1.165) is 11.1 Å². The summed E-state index contributed by atoms with van der Waals surface area (Å²) < 4.78 is 38.6. The standard InChI is InChI=1S/C19H19N3O4S/c1-14-7-9-16(10-8-14)27(23,24)22-18-19(21-12-11-20-18)26-13-15-5-3-4-6-17(15)25-2/h3-12H,13H2,1-2H3,(H,20,22). The second kappa shape index (κ2) is 8.05. The molecule has 0 saturated carbocycles. The van der Waals surface area contributed by atoms with Crippen LogP contribution in [0.1, 0.15) is 11.1 Å². The van der Waals surface area contributed by atoms with Crippen LogP contribution in [0.5, 0.6) is 11.6 Å². The molecule has 3 aromatic rings. The minimum absolute atomic E-state index is 0.0213. The molecule has 1 heterocycles. The molecule has 0 bridgehead atoms. The Labute approximate surface area is 158 Å². The largest absolute Gasteiger partial charge is 0.496 e. The molecule has 0 spiro atoms. The Hall–Kier alpha value is -3.13. The minimum atomic E-state index is -3.81. The fourth-order valence-electron chi connectivity index (χ4n) is 2.37. The van der Waals surface area contributed by atoms with Crippen LogP contribution in [0.15, 0.2) is 65.8 Å². The number of aryl methyl sites for hydroxylation is 1. The van der Waals surface area contributed by atoms with E-state index in [1.54, 1.807) is 19.2 Å². The van der Waals surface area contributed by atoms with Gasteiger partial charge in [-0.25, -0.2) is 18.4 Å². The SMILES string of the molecule is COc1ccccc1COc1nccnc1NS(=O)(=O)c1ccc(C)cc1. The monoisotopic (exact) mass is 385 g/mol.